The minimum atomic E-state index is -0.282. The third-order valence-corrected chi connectivity index (χ3v) is 4.69. The first-order valence-electron chi connectivity index (χ1n) is 9.90. The number of ether oxygens (including phenoxy) is 2. The molecular formula is C25H24O5. The first-order valence-corrected chi connectivity index (χ1v) is 9.90. The lowest BCUT2D eigenvalue weighted by Crippen LogP contribution is -2.07. The van der Waals surface area contributed by atoms with Crippen molar-refractivity contribution >= 4 is 11.9 Å². The van der Waals surface area contributed by atoms with E-state index in [0.29, 0.717) is 24.3 Å². The third-order valence-electron chi connectivity index (χ3n) is 4.69. The average molecular weight is 404 g/mol. The van der Waals surface area contributed by atoms with Crippen LogP contribution < -0.4 is 9.47 Å². The molecule has 0 aliphatic rings. The van der Waals surface area contributed by atoms with Crippen LogP contribution in [0.25, 0.3) is 0 Å². The standard InChI is InChI=1S/C25H24O5/c1-3-23(27)29-21-13-7-18(8-14-21)25(17-5-11-20(26)12-6-17)19-9-15-22(16-10-19)30-24(28)4-2/h5-16,25-26H,3-4H2,1-2H3. The van der Waals surface area contributed by atoms with Crippen LogP contribution in [0.3, 0.4) is 0 Å². The number of carbonyl (C=O) groups excluding carboxylic acids is 2. The van der Waals surface area contributed by atoms with Gasteiger partial charge in [-0.15, -0.1) is 0 Å². The number of carbonyl (C=O) groups is 2. The summed E-state index contributed by atoms with van der Waals surface area (Å²) in [6.45, 7) is 3.50. The van der Waals surface area contributed by atoms with Crippen molar-refractivity contribution in [3.63, 3.8) is 0 Å². The van der Waals surface area contributed by atoms with Crippen molar-refractivity contribution in [2.75, 3.05) is 0 Å². The zero-order valence-corrected chi connectivity index (χ0v) is 17.0. The lowest BCUT2D eigenvalue weighted by Gasteiger charge is -2.20. The van der Waals surface area contributed by atoms with E-state index in [1.54, 1.807) is 50.2 Å². The molecule has 0 aliphatic heterocycles. The van der Waals surface area contributed by atoms with Crippen molar-refractivity contribution in [3.05, 3.63) is 89.5 Å². The SMILES string of the molecule is CCC(=O)Oc1ccc(C(c2ccc(O)cc2)c2ccc(OC(=O)CC)cc2)cc1. The average Bonchev–Trinajstić information content (AvgIpc) is 2.77. The fraction of sp³-hybridized carbons (Fsp3) is 0.200. The summed E-state index contributed by atoms with van der Waals surface area (Å²) in [6, 6.07) is 21.8. The second-order valence-corrected chi connectivity index (χ2v) is 6.82. The van der Waals surface area contributed by atoms with Gasteiger partial charge in [0.15, 0.2) is 0 Å². The molecule has 0 fully saturated rings. The molecule has 0 aromatic heterocycles. The van der Waals surface area contributed by atoms with Gasteiger partial charge in [0, 0.05) is 18.8 Å². The van der Waals surface area contributed by atoms with E-state index in [2.05, 4.69) is 0 Å². The number of phenolic OH excluding ortho intramolecular Hbond substituents is 1. The zero-order chi connectivity index (χ0) is 21.5. The van der Waals surface area contributed by atoms with Gasteiger partial charge in [0.2, 0.25) is 0 Å². The molecule has 3 aromatic carbocycles. The van der Waals surface area contributed by atoms with E-state index in [0.717, 1.165) is 16.7 Å². The molecule has 0 aliphatic carbocycles. The predicted molar refractivity (Wildman–Crippen MR) is 114 cm³/mol. The molecule has 0 bridgehead atoms. The Bertz CT molecular complexity index is 928. The largest absolute Gasteiger partial charge is 0.508 e. The molecule has 3 aromatic rings. The van der Waals surface area contributed by atoms with Crippen molar-refractivity contribution < 1.29 is 24.2 Å². The summed E-state index contributed by atoms with van der Waals surface area (Å²) in [5.74, 6) is 0.512. The van der Waals surface area contributed by atoms with Gasteiger partial charge in [-0.25, -0.2) is 0 Å². The number of benzene rings is 3. The maximum atomic E-state index is 11.5. The Balaban J connectivity index is 1.94. The van der Waals surface area contributed by atoms with Crippen LogP contribution in [0.1, 0.15) is 49.3 Å². The van der Waals surface area contributed by atoms with Crippen molar-refractivity contribution in [1.82, 2.24) is 0 Å². The highest BCUT2D eigenvalue weighted by atomic mass is 16.5. The molecule has 0 saturated carbocycles. The lowest BCUT2D eigenvalue weighted by molar-refractivity contribution is -0.134. The molecule has 0 heterocycles. The third kappa shape index (κ3) is 5.26. The van der Waals surface area contributed by atoms with E-state index in [4.69, 9.17) is 9.47 Å². The molecule has 154 valence electrons. The molecule has 3 rings (SSSR count). The van der Waals surface area contributed by atoms with Gasteiger partial charge in [-0.2, -0.15) is 0 Å². The molecule has 5 nitrogen and oxygen atoms in total. The van der Waals surface area contributed by atoms with Crippen LogP contribution in [0.5, 0.6) is 17.2 Å². The van der Waals surface area contributed by atoms with Gasteiger partial charge in [-0.1, -0.05) is 50.2 Å². The Morgan fingerprint density at radius 1 is 0.667 bits per heavy atom. The van der Waals surface area contributed by atoms with Gasteiger partial charge in [-0.05, 0) is 53.1 Å². The highest BCUT2D eigenvalue weighted by molar-refractivity contribution is 5.72. The first kappa shape index (κ1) is 21.1. The van der Waals surface area contributed by atoms with E-state index in [1.165, 1.54) is 0 Å². The monoisotopic (exact) mass is 404 g/mol. The summed E-state index contributed by atoms with van der Waals surface area (Å²) in [5, 5.41) is 9.67. The number of rotatable bonds is 7. The van der Waals surface area contributed by atoms with Crippen LogP contribution in [0.15, 0.2) is 72.8 Å². The minimum Gasteiger partial charge on any atom is -0.508 e. The molecule has 1 N–H and O–H groups in total. The van der Waals surface area contributed by atoms with Crippen LogP contribution in [0, 0.1) is 0 Å². The molecular weight excluding hydrogens is 380 g/mol. The minimum absolute atomic E-state index is 0.113. The molecule has 0 amide bonds. The summed E-state index contributed by atoms with van der Waals surface area (Å²) < 4.78 is 10.5. The molecule has 0 saturated heterocycles. The molecule has 0 spiro atoms. The van der Waals surface area contributed by atoms with Gasteiger partial charge in [0.25, 0.3) is 0 Å². The van der Waals surface area contributed by atoms with E-state index >= 15 is 0 Å². The molecule has 30 heavy (non-hydrogen) atoms. The second kappa shape index (κ2) is 9.74. The van der Waals surface area contributed by atoms with Gasteiger partial charge in [0.05, 0.1) is 0 Å². The Labute approximate surface area is 175 Å². The Morgan fingerprint density at radius 2 is 1.00 bits per heavy atom. The van der Waals surface area contributed by atoms with Gasteiger partial charge in [-0.3, -0.25) is 9.59 Å². The lowest BCUT2D eigenvalue weighted by atomic mass is 9.85. The fourth-order valence-corrected chi connectivity index (χ4v) is 3.11. The van der Waals surface area contributed by atoms with Crippen LogP contribution >= 0.6 is 0 Å². The summed E-state index contributed by atoms with van der Waals surface area (Å²) in [6.07, 6.45) is 0.625. The van der Waals surface area contributed by atoms with Crippen molar-refractivity contribution in [2.45, 2.75) is 32.6 Å². The topological polar surface area (TPSA) is 72.8 Å². The summed E-state index contributed by atoms with van der Waals surface area (Å²) in [5.41, 5.74) is 2.98. The predicted octanol–water partition coefficient (Wildman–Crippen LogP) is 5.20. The summed E-state index contributed by atoms with van der Waals surface area (Å²) in [4.78, 5) is 23.0. The summed E-state index contributed by atoms with van der Waals surface area (Å²) >= 11 is 0. The van der Waals surface area contributed by atoms with Crippen LogP contribution in [-0.4, -0.2) is 17.0 Å². The van der Waals surface area contributed by atoms with Gasteiger partial charge >= 0.3 is 11.9 Å². The second-order valence-electron chi connectivity index (χ2n) is 6.82. The summed E-state index contributed by atoms with van der Waals surface area (Å²) in [7, 11) is 0. The molecule has 0 radical (unpaired) electrons. The normalized spacial score (nSPS) is 10.6. The van der Waals surface area contributed by atoms with Crippen LogP contribution in [0.4, 0.5) is 0 Å². The Hall–Kier alpha value is -3.60. The number of aromatic hydroxyl groups is 1. The van der Waals surface area contributed by atoms with Gasteiger partial charge in [0.1, 0.15) is 17.2 Å². The van der Waals surface area contributed by atoms with Crippen molar-refractivity contribution in [2.24, 2.45) is 0 Å². The maximum absolute atomic E-state index is 11.5. The van der Waals surface area contributed by atoms with E-state index < -0.39 is 0 Å². The Kier molecular flexibility index (Phi) is 6.86. The van der Waals surface area contributed by atoms with Crippen molar-refractivity contribution in [3.8, 4) is 17.2 Å². The fourth-order valence-electron chi connectivity index (χ4n) is 3.11. The number of hydrogen-bond acceptors (Lipinski definition) is 5. The van der Waals surface area contributed by atoms with Crippen LogP contribution in [-0.2, 0) is 9.59 Å². The number of phenols is 1. The number of esters is 2. The Morgan fingerprint density at radius 3 is 1.33 bits per heavy atom. The molecule has 0 atom stereocenters. The molecule has 0 unspecified atom stereocenters. The molecule has 5 heteroatoms. The number of hydrogen-bond donors (Lipinski definition) is 1. The van der Waals surface area contributed by atoms with Crippen LogP contribution in [0.2, 0.25) is 0 Å². The zero-order valence-electron chi connectivity index (χ0n) is 17.0. The van der Waals surface area contributed by atoms with Crippen molar-refractivity contribution in [1.29, 1.82) is 0 Å². The van der Waals surface area contributed by atoms with E-state index in [1.807, 2.05) is 36.4 Å². The highest BCUT2D eigenvalue weighted by Crippen LogP contribution is 2.34. The highest BCUT2D eigenvalue weighted by Gasteiger charge is 2.18. The van der Waals surface area contributed by atoms with E-state index in [9.17, 15) is 14.7 Å². The smallest absolute Gasteiger partial charge is 0.310 e. The van der Waals surface area contributed by atoms with E-state index in [-0.39, 0.29) is 23.6 Å². The maximum Gasteiger partial charge on any atom is 0.310 e. The first-order chi connectivity index (χ1) is 14.5. The van der Waals surface area contributed by atoms with Gasteiger partial charge < -0.3 is 14.6 Å². The quantitative estimate of drug-likeness (QED) is 0.333.